The topological polar surface area (TPSA) is 94.1 Å². The van der Waals surface area contributed by atoms with Crippen LogP contribution in [0.15, 0.2) is 42.0 Å². The number of hydrogen-bond acceptors (Lipinski definition) is 7. The number of esters is 1. The summed E-state index contributed by atoms with van der Waals surface area (Å²) in [5, 5.41) is 3.74. The quantitative estimate of drug-likeness (QED) is 0.570. The van der Waals surface area contributed by atoms with Crippen LogP contribution in [0.1, 0.15) is 23.0 Å². The Morgan fingerprint density at radius 1 is 1.23 bits per heavy atom. The second-order valence-corrected chi connectivity index (χ2v) is 7.13. The van der Waals surface area contributed by atoms with Gasteiger partial charge in [-0.1, -0.05) is 11.6 Å². The van der Waals surface area contributed by atoms with Crippen LogP contribution < -0.4 is 5.32 Å². The van der Waals surface area contributed by atoms with Crippen LogP contribution in [0.3, 0.4) is 0 Å². The second kappa shape index (κ2) is 8.76. The number of halogens is 4. The van der Waals surface area contributed by atoms with Gasteiger partial charge in [0.1, 0.15) is 0 Å². The van der Waals surface area contributed by atoms with Gasteiger partial charge in [-0.15, -0.1) is 11.3 Å². The van der Waals surface area contributed by atoms with Crippen molar-refractivity contribution >= 4 is 40.5 Å². The fourth-order valence-corrected chi connectivity index (χ4v) is 3.15. The summed E-state index contributed by atoms with van der Waals surface area (Å²) in [6.45, 7) is 1.23. The van der Waals surface area contributed by atoms with Crippen molar-refractivity contribution in [2.75, 3.05) is 5.32 Å². The summed E-state index contributed by atoms with van der Waals surface area (Å²) in [5.41, 5.74) is -1.70. The zero-order chi connectivity index (χ0) is 21.9. The van der Waals surface area contributed by atoms with Gasteiger partial charge in [0.05, 0.1) is 11.3 Å². The fraction of sp³-hybridized carbons (Fsp3) is 0.167. The van der Waals surface area contributed by atoms with Gasteiger partial charge < -0.3 is 10.1 Å². The zero-order valence-electron chi connectivity index (χ0n) is 15.1. The number of ether oxygens (including phenoxy) is 1. The molecule has 0 fully saturated rings. The maximum Gasteiger partial charge on any atom is 0.418 e. The molecule has 1 aromatic carbocycles. The Hall–Kier alpha value is -3.05. The molecule has 0 aliphatic rings. The van der Waals surface area contributed by atoms with Crippen molar-refractivity contribution in [1.29, 1.82) is 0 Å². The van der Waals surface area contributed by atoms with Crippen molar-refractivity contribution in [1.82, 2.24) is 15.0 Å². The number of alkyl halides is 3. The molecule has 3 aromatic rings. The van der Waals surface area contributed by atoms with Crippen molar-refractivity contribution in [2.24, 2.45) is 0 Å². The summed E-state index contributed by atoms with van der Waals surface area (Å²) in [4.78, 5) is 36.6. The lowest BCUT2D eigenvalue weighted by Crippen LogP contribution is -2.30. The Morgan fingerprint density at radius 3 is 2.60 bits per heavy atom. The second-order valence-electron chi connectivity index (χ2n) is 5.83. The van der Waals surface area contributed by atoms with E-state index in [1.165, 1.54) is 30.8 Å². The lowest BCUT2D eigenvalue weighted by molar-refractivity contribution is -0.137. The van der Waals surface area contributed by atoms with E-state index in [1.54, 1.807) is 6.07 Å². The molecule has 7 nitrogen and oxygen atoms in total. The summed E-state index contributed by atoms with van der Waals surface area (Å²) >= 11 is 6.71. The van der Waals surface area contributed by atoms with Gasteiger partial charge >= 0.3 is 12.1 Å². The van der Waals surface area contributed by atoms with Crippen molar-refractivity contribution < 1.29 is 27.5 Å². The minimum absolute atomic E-state index is 0.0791. The van der Waals surface area contributed by atoms with E-state index in [1.807, 2.05) is 0 Å². The molecule has 0 radical (unpaired) electrons. The number of nitrogens with one attached hydrogen (secondary N) is 1. The fourth-order valence-electron chi connectivity index (χ4n) is 2.25. The standard InChI is InChI=1S/C18H12ClF3N4O3S/c1-9(15(27)25-12-4-3-10(19)7-11(12)18(20,21)22)29-17(28)13-8-30-16(26-13)14-23-5-2-6-24-14/h2-9H,1H3,(H,25,27). The van der Waals surface area contributed by atoms with Crippen LogP contribution in [0, 0.1) is 0 Å². The molecule has 156 valence electrons. The Bertz CT molecular complexity index is 1080. The van der Waals surface area contributed by atoms with E-state index in [-0.39, 0.29) is 10.7 Å². The van der Waals surface area contributed by atoms with Crippen molar-refractivity contribution in [3.63, 3.8) is 0 Å². The number of carbonyl (C=O) groups is 2. The smallest absolute Gasteiger partial charge is 0.418 e. The largest absolute Gasteiger partial charge is 0.448 e. The van der Waals surface area contributed by atoms with Gasteiger partial charge in [0.15, 0.2) is 22.6 Å². The summed E-state index contributed by atoms with van der Waals surface area (Å²) in [5.74, 6) is -1.55. The number of anilines is 1. The van der Waals surface area contributed by atoms with E-state index in [9.17, 15) is 22.8 Å². The third kappa shape index (κ3) is 5.10. The summed E-state index contributed by atoms with van der Waals surface area (Å²) in [7, 11) is 0. The Balaban J connectivity index is 1.68. The molecule has 12 heteroatoms. The van der Waals surface area contributed by atoms with Crippen LogP contribution in [-0.2, 0) is 15.7 Å². The first-order valence-electron chi connectivity index (χ1n) is 8.26. The number of aromatic nitrogens is 3. The molecule has 2 aromatic heterocycles. The minimum atomic E-state index is -4.73. The van der Waals surface area contributed by atoms with Crippen molar-refractivity contribution in [2.45, 2.75) is 19.2 Å². The molecule has 0 saturated carbocycles. The zero-order valence-corrected chi connectivity index (χ0v) is 16.7. The van der Waals surface area contributed by atoms with Gasteiger partial charge in [-0.3, -0.25) is 4.79 Å². The van der Waals surface area contributed by atoms with Gasteiger partial charge in [0, 0.05) is 22.8 Å². The van der Waals surface area contributed by atoms with Crippen molar-refractivity contribution in [3.8, 4) is 10.8 Å². The minimum Gasteiger partial charge on any atom is -0.448 e. The number of amides is 1. The highest BCUT2D eigenvalue weighted by molar-refractivity contribution is 7.13. The van der Waals surface area contributed by atoms with E-state index in [2.05, 4.69) is 20.3 Å². The van der Waals surface area contributed by atoms with E-state index >= 15 is 0 Å². The summed E-state index contributed by atoms with van der Waals surface area (Å²) in [6, 6.07) is 4.53. The molecule has 0 spiro atoms. The van der Waals surface area contributed by atoms with Crippen LogP contribution in [0.5, 0.6) is 0 Å². The van der Waals surface area contributed by atoms with Crippen LogP contribution >= 0.6 is 22.9 Å². The number of rotatable bonds is 5. The maximum absolute atomic E-state index is 13.1. The van der Waals surface area contributed by atoms with E-state index in [0.29, 0.717) is 16.9 Å². The number of nitrogens with zero attached hydrogens (tertiary/aromatic N) is 3. The van der Waals surface area contributed by atoms with E-state index in [0.717, 1.165) is 17.4 Å². The van der Waals surface area contributed by atoms with Gasteiger partial charge in [0.2, 0.25) is 0 Å². The summed E-state index contributed by atoms with van der Waals surface area (Å²) in [6.07, 6.45) is -3.09. The normalized spacial score (nSPS) is 12.3. The Labute approximate surface area is 176 Å². The molecular formula is C18H12ClF3N4O3S. The number of carbonyl (C=O) groups excluding carboxylic acids is 2. The number of benzene rings is 1. The Kier molecular flexibility index (Phi) is 6.32. The molecule has 0 aliphatic heterocycles. The average Bonchev–Trinajstić information content (AvgIpc) is 3.19. The lowest BCUT2D eigenvalue weighted by Gasteiger charge is -2.17. The third-order valence-electron chi connectivity index (χ3n) is 3.67. The molecule has 1 N–H and O–H groups in total. The molecule has 1 atom stereocenters. The highest BCUT2D eigenvalue weighted by atomic mass is 35.5. The van der Waals surface area contributed by atoms with Crippen LogP contribution in [0.4, 0.5) is 18.9 Å². The van der Waals surface area contributed by atoms with E-state index in [4.69, 9.17) is 16.3 Å². The highest BCUT2D eigenvalue weighted by Crippen LogP contribution is 2.36. The third-order valence-corrected chi connectivity index (χ3v) is 4.74. The SMILES string of the molecule is CC(OC(=O)c1csc(-c2ncccn2)n1)C(=O)Nc1ccc(Cl)cc1C(F)(F)F. The monoisotopic (exact) mass is 456 g/mol. The first-order chi connectivity index (χ1) is 14.1. The van der Waals surface area contributed by atoms with Crippen molar-refractivity contribution in [3.05, 3.63) is 58.3 Å². The molecule has 0 bridgehead atoms. The first kappa shape index (κ1) is 21.7. The molecule has 0 saturated heterocycles. The molecule has 3 rings (SSSR count). The molecule has 0 aliphatic carbocycles. The predicted molar refractivity (Wildman–Crippen MR) is 103 cm³/mol. The number of hydrogen-bond donors (Lipinski definition) is 1. The highest BCUT2D eigenvalue weighted by Gasteiger charge is 2.34. The molecule has 1 amide bonds. The van der Waals surface area contributed by atoms with Gasteiger partial charge in [0.25, 0.3) is 5.91 Å². The summed E-state index contributed by atoms with van der Waals surface area (Å²) < 4.78 is 44.4. The first-order valence-corrected chi connectivity index (χ1v) is 9.52. The number of thiazole rings is 1. The molecule has 2 heterocycles. The molecular weight excluding hydrogens is 445 g/mol. The van der Waals surface area contributed by atoms with Crippen LogP contribution in [0.25, 0.3) is 10.8 Å². The molecule has 1 unspecified atom stereocenters. The Morgan fingerprint density at radius 2 is 1.93 bits per heavy atom. The predicted octanol–water partition coefficient (Wildman–Crippen LogP) is 4.46. The van der Waals surface area contributed by atoms with Crippen LogP contribution in [-0.4, -0.2) is 32.9 Å². The van der Waals surface area contributed by atoms with Crippen LogP contribution in [0.2, 0.25) is 5.02 Å². The van der Waals surface area contributed by atoms with Gasteiger partial charge in [-0.25, -0.2) is 19.7 Å². The van der Waals surface area contributed by atoms with Gasteiger partial charge in [-0.05, 0) is 31.2 Å². The van der Waals surface area contributed by atoms with Gasteiger partial charge in [-0.2, -0.15) is 13.2 Å². The van der Waals surface area contributed by atoms with E-state index < -0.39 is 35.4 Å². The average molecular weight is 457 g/mol. The molecule has 30 heavy (non-hydrogen) atoms. The lowest BCUT2D eigenvalue weighted by atomic mass is 10.1. The maximum atomic E-state index is 13.1.